The van der Waals surface area contributed by atoms with Gasteiger partial charge in [0.2, 0.25) is 11.8 Å². The zero-order valence-electron chi connectivity index (χ0n) is 20.0. The number of hydrogen-bond donors (Lipinski definition) is 7. The topological polar surface area (TPSA) is 196 Å². The number of ether oxygens (including phenoxy) is 4. The van der Waals surface area contributed by atoms with Crippen LogP contribution >= 0.6 is 0 Å². The van der Waals surface area contributed by atoms with Gasteiger partial charge in [0.15, 0.2) is 12.6 Å². The van der Waals surface area contributed by atoms with Crippen LogP contribution in [0.2, 0.25) is 0 Å². The second-order valence-corrected chi connectivity index (χ2v) is 8.77. The highest BCUT2D eigenvalue weighted by Crippen LogP contribution is 2.30. The average molecular weight is 515 g/mol. The summed E-state index contributed by atoms with van der Waals surface area (Å²) in [6.07, 6.45) is -11.0. The molecular formula is C23H34N2O11. The first kappa shape index (κ1) is 28.4. The van der Waals surface area contributed by atoms with E-state index < -0.39 is 86.3 Å². The number of benzene rings is 1. The average Bonchev–Trinajstić information content (AvgIpc) is 2.85. The first-order chi connectivity index (χ1) is 17.2. The number of nitrogens with one attached hydrogen (secondary N) is 2. The molecule has 0 bridgehead atoms. The summed E-state index contributed by atoms with van der Waals surface area (Å²) in [7, 11) is 0. The summed E-state index contributed by atoms with van der Waals surface area (Å²) < 4.78 is 23.1. The molecule has 2 aliphatic rings. The molecular weight excluding hydrogens is 480 g/mol. The first-order valence-electron chi connectivity index (χ1n) is 11.6. The van der Waals surface area contributed by atoms with Crippen molar-refractivity contribution >= 4 is 11.8 Å². The van der Waals surface area contributed by atoms with Crippen LogP contribution in [-0.2, 0) is 35.1 Å². The van der Waals surface area contributed by atoms with Crippen LogP contribution in [0, 0.1) is 0 Å². The van der Waals surface area contributed by atoms with Crippen LogP contribution in [0.3, 0.4) is 0 Å². The van der Waals surface area contributed by atoms with Gasteiger partial charge in [0.25, 0.3) is 0 Å². The molecule has 0 aromatic heterocycles. The minimum absolute atomic E-state index is 0.0938. The van der Waals surface area contributed by atoms with E-state index in [4.69, 9.17) is 18.9 Å². The van der Waals surface area contributed by atoms with Crippen LogP contribution in [0.4, 0.5) is 0 Å². The summed E-state index contributed by atoms with van der Waals surface area (Å²) in [6, 6.07) is 6.73. The number of aliphatic hydroxyl groups is 5. The van der Waals surface area contributed by atoms with Crippen LogP contribution in [0.5, 0.6) is 0 Å². The molecule has 3 rings (SSSR count). The van der Waals surface area contributed by atoms with E-state index in [1.54, 1.807) is 0 Å². The van der Waals surface area contributed by atoms with Crippen molar-refractivity contribution in [3.63, 3.8) is 0 Å². The molecule has 0 radical (unpaired) electrons. The minimum atomic E-state index is -1.58. The Morgan fingerprint density at radius 1 is 0.833 bits per heavy atom. The molecule has 1 aromatic carbocycles. The lowest BCUT2D eigenvalue weighted by Gasteiger charge is -2.48. The summed E-state index contributed by atoms with van der Waals surface area (Å²) in [6.45, 7) is 1.24. The van der Waals surface area contributed by atoms with Crippen LogP contribution in [0.15, 0.2) is 30.3 Å². The highest BCUT2D eigenvalue weighted by molar-refractivity contribution is 5.73. The Hall–Kier alpha value is -2.20. The zero-order chi connectivity index (χ0) is 26.4. The summed E-state index contributed by atoms with van der Waals surface area (Å²) >= 11 is 0. The molecule has 0 unspecified atom stereocenters. The molecule has 202 valence electrons. The highest BCUT2D eigenvalue weighted by Gasteiger charge is 2.51. The Morgan fingerprint density at radius 3 is 1.94 bits per heavy atom. The van der Waals surface area contributed by atoms with Gasteiger partial charge in [-0.2, -0.15) is 0 Å². The molecule has 2 saturated heterocycles. The molecule has 2 heterocycles. The molecule has 0 spiro atoms. The van der Waals surface area contributed by atoms with Gasteiger partial charge in [0.05, 0.1) is 19.8 Å². The van der Waals surface area contributed by atoms with E-state index in [9.17, 15) is 35.1 Å². The fraction of sp³-hybridized carbons (Fsp3) is 0.652. The Labute approximate surface area is 207 Å². The molecule has 36 heavy (non-hydrogen) atoms. The lowest BCUT2D eigenvalue weighted by atomic mass is 9.94. The van der Waals surface area contributed by atoms with Gasteiger partial charge >= 0.3 is 0 Å². The molecule has 2 amide bonds. The van der Waals surface area contributed by atoms with Gasteiger partial charge in [-0.05, 0) is 5.56 Å². The molecule has 2 fully saturated rings. The zero-order valence-corrected chi connectivity index (χ0v) is 20.0. The van der Waals surface area contributed by atoms with Gasteiger partial charge in [-0.15, -0.1) is 0 Å². The monoisotopic (exact) mass is 514 g/mol. The van der Waals surface area contributed by atoms with Crippen molar-refractivity contribution in [3.8, 4) is 0 Å². The third-order valence-electron chi connectivity index (χ3n) is 6.02. The first-order valence-corrected chi connectivity index (χ1v) is 11.6. The molecule has 1 aromatic rings. The van der Waals surface area contributed by atoms with Crippen LogP contribution in [0.25, 0.3) is 0 Å². The normalized spacial score (nSPS) is 36.8. The summed E-state index contributed by atoms with van der Waals surface area (Å²) in [5.74, 6) is -1.04. The number of hydrogen-bond acceptors (Lipinski definition) is 11. The smallest absolute Gasteiger partial charge is 0.217 e. The van der Waals surface area contributed by atoms with Gasteiger partial charge in [0.1, 0.15) is 48.7 Å². The molecule has 13 heteroatoms. The van der Waals surface area contributed by atoms with Gasteiger partial charge < -0.3 is 55.1 Å². The minimum Gasteiger partial charge on any atom is -0.394 e. The number of carbonyl (C=O) groups excluding carboxylic acids is 2. The second-order valence-electron chi connectivity index (χ2n) is 8.77. The highest BCUT2D eigenvalue weighted by atomic mass is 16.7. The van der Waals surface area contributed by atoms with E-state index >= 15 is 0 Å². The molecule has 10 atom stereocenters. The Bertz CT molecular complexity index is 860. The van der Waals surface area contributed by atoms with E-state index in [1.807, 2.05) is 30.3 Å². The number of carbonyl (C=O) groups is 2. The van der Waals surface area contributed by atoms with Crippen LogP contribution in [0.1, 0.15) is 19.4 Å². The summed E-state index contributed by atoms with van der Waals surface area (Å²) in [4.78, 5) is 23.6. The lowest BCUT2D eigenvalue weighted by Crippen LogP contribution is -2.69. The number of aliphatic hydroxyl groups excluding tert-OH is 5. The molecule has 0 aliphatic carbocycles. The number of rotatable bonds is 9. The molecule has 0 saturated carbocycles. The predicted molar refractivity (Wildman–Crippen MR) is 121 cm³/mol. The van der Waals surface area contributed by atoms with Crippen LogP contribution < -0.4 is 10.6 Å². The Morgan fingerprint density at radius 2 is 1.39 bits per heavy atom. The maximum Gasteiger partial charge on any atom is 0.217 e. The summed E-state index contributed by atoms with van der Waals surface area (Å²) in [5.41, 5.74) is 0.812. The lowest BCUT2D eigenvalue weighted by molar-refractivity contribution is -0.333. The molecule has 2 aliphatic heterocycles. The van der Waals surface area contributed by atoms with E-state index in [-0.39, 0.29) is 6.61 Å². The standard InChI is InChI=1S/C23H34N2O11/c1-11(28)24-16-19(31)18(30)14(8-26)34-23(16)36-21-15(9-27)35-22(17(20(21)32)25-12(2)29)33-10-13-6-4-3-5-7-13/h3-7,14-23,26-27,30-32H,8-10H2,1-2H3,(H,24,28)(H,25,29)/t14-,15-,16+,17+,18-,19-,20-,21-,22-,23+/m1/s1. The van der Waals surface area contributed by atoms with Crippen molar-refractivity contribution in [2.45, 2.75) is 81.7 Å². The van der Waals surface area contributed by atoms with Crippen molar-refractivity contribution in [3.05, 3.63) is 35.9 Å². The van der Waals surface area contributed by atoms with E-state index in [1.165, 1.54) is 13.8 Å². The summed E-state index contributed by atoms with van der Waals surface area (Å²) in [5, 5.41) is 56.4. The van der Waals surface area contributed by atoms with Gasteiger partial charge in [-0.25, -0.2) is 0 Å². The maximum atomic E-state index is 11.9. The Kier molecular flexibility index (Phi) is 10.1. The third-order valence-corrected chi connectivity index (χ3v) is 6.02. The van der Waals surface area contributed by atoms with Crippen molar-refractivity contribution in [1.82, 2.24) is 10.6 Å². The Balaban J connectivity index is 1.82. The second kappa shape index (κ2) is 12.9. The third kappa shape index (κ3) is 6.76. The molecule has 7 N–H and O–H groups in total. The van der Waals surface area contributed by atoms with E-state index in [0.29, 0.717) is 0 Å². The maximum absolute atomic E-state index is 11.9. The van der Waals surface area contributed by atoms with Crippen LogP contribution in [-0.4, -0.2) is 112 Å². The molecule has 13 nitrogen and oxygen atoms in total. The van der Waals surface area contributed by atoms with E-state index in [0.717, 1.165) is 5.56 Å². The van der Waals surface area contributed by atoms with Gasteiger partial charge in [-0.3, -0.25) is 9.59 Å². The number of amides is 2. The van der Waals surface area contributed by atoms with Crippen molar-refractivity contribution < 1.29 is 54.1 Å². The fourth-order valence-electron chi connectivity index (χ4n) is 4.26. The fourth-order valence-corrected chi connectivity index (χ4v) is 4.26. The largest absolute Gasteiger partial charge is 0.394 e. The van der Waals surface area contributed by atoms with Gasteiger partial charge in [0, 0.05) is 13.8 Å². The van der Waals surface area contributed by atoms with Gasteiger partial charge in [-0.1, -0.05) is 30.3 Å². The quantitative estimate of drug-likeness (QED) is 0.179. The predicted octanol–water partition coefficient (Wildman–Crippen LogP) is -2.89. The van der Waals surface area contributed by atoms with Crippen molar-refractivity contribution in [2.75, 3.05) is 13.2 Å². The van der Waals surface area contributed by atoms with Crippen molar-refractivity contribution in [1.29, 1.82) is 0 Å². The van der Waals surface area contributed by atoms with E-state index in [2.05, 4.69) is 10.6 Å². The van der Waals surface area contributed by atoms with Crippen molar-refractivity contribution in [2.24, 2.45) is 0 Å². The SMILES string of the molecule is CC(=O)N[C@@H]1[C@H](OCc2ccccc2)O[C@H](CO)[C@@H](O[C@@H]2O[C@H](CO)[C@@H](O)[C@H](O)[C@@H]2NC(C)=O)[C@@H]1O.